The van der Waals surface area contributed by atoms with E-state index in [1.54, 1.807) is 29.2 Å². The molecule has 7 heteroatoms. The van der Waals surface area contributed by atoms with Crippen LogP contribution in [0.25, 0.3) is 0 Å². The number of hydrogen-bond acceptors (Lipinski definition) is 4. The summed E-state index contributed by atoms with van der Waals surface area (Å²) in [4.78, 5) is 33.4. The number of amides is 2. The quantitative estimate of drug-likeness (QED) is 0.863. The zero-order valence-corrected chi connectivity index (χ0v) is 16.3. The normalized spacial score (nSPS) is 17.4. The highest BCUT2D eigenvalue weighted by atomic mass is 19.1. The Labute approximate surface area is 169 Å². The van der Waals surface area contributed by atoms with E-state index in [0.29, 0.717) is 31.7 Å². The number of piperazine rings is 1. The molecule has 1 aliphatic heterocycles. The maximum Gasteiger partial charge on any atom is 0.270 e. The molecule has 0 spiro atoms. The number of anilines is 1. The molecule has 2 heterocycles. The minimum absolute atomic E-state index is 0.0962. The van der Waals surface area contributed by atoms with Crippen LogP contribution in [0.15, 0.2) is 42.6 Å². The van der Waals surface area contributed by atoms with Gasteiger partial charge in [0, 0.05) is 49.7 Å². The largest absolute Gasteiger partial charge is 0.368 e. The Kier molecular flexibility index (Phi) is 5.74. The molecule has 1 N–H and O–H groups in total. The molecule has 1 aromatic heterocycles. The summed E-state index contributed by atoms with van der Waals surface area (Å²) in [5.74, 6) is -0.568. The van der Waals surface area contributed by atoms with Gasteiger partial charge in [-0.25, -0.2) is 4.39 Å². The fourth-order valence-corrected chi connectivity index (χ4v) is 4.02. The molecular formula is C22H25FN4O2. The summed E-state index contributed by atoms with van der Waals surface area (Å²) < 4.78 is 13.1. The second-order valence-electron chi connectivity index (χ2n) is 7.64. The van der Waals surface area contributed by atoms with Crippen molar-refractivity contribution >= 4 is 17.5 Å². The smallest absolute Gasteiger partial charge is 0.270 e. The van der Waals surface area contributed by atoms with E-state index in [1.807, 2.05) is 0 Å². The minimum atomic E-state index is -0.256. The van der Waals surface area contributed by atoms with Gasteiger partial charge in [-0.15, -0.1) is 0 Å². The fraction of sp³-hybridized carbons (Fsp3) is 0.409. The van der Waals surface area contributed by atoms with E-state index in [9.17, 15) is 14.0 Å². The Bertz CT molecular complexity index is 873. The van der Waals surface area contributed by atoms with Crippen LogP contribution in [0.4, 0.5) is 10.1 Å². The van der Waals surface area contributed by atoms with Gasteiger partial charge in [0.05, 0.1) is 0 Å². The van der Waals surface area contributed by atoms with Crippen molar-refractivity contribution in [2.24, 2.45) is 0 Å². The van der Waals surface area contributed by atoms with Crippen molar-refractivity contribution in [1.29, 1.82) is 0 Å². The third kappa shape index (κ3) is 4.55. The molecule has 2 amide bonds. The molecule has 2 fully saturated rings. The van der Waals surface area contributed by atoms with Crippen molar-refractivity contribution in [3.63, 3.8) is 0 Å². The third-order valence-corrected chi connectivity index (χ3v) is 5.69. The van der Waals surface area contributed by atoms with Gasteiger partial charge in [-0.1, -0.05) is 12.8 Å². The lowest BCUT2D eigenvalue weighted by Crippen LogP contribution is -2.48. The predicted molar refractivity (Wildman–Crippen MR) is 108 cm³/mol. The minimum Gasteiger partial charge on any atom is -0.368 e. The third-order valence-electron chi connectivity index (χ3n) is 5.69. The first-order chi connectivity index (χ1) is 14.1. The summed E-state index contributed by atoms with van der Waals surface area (Å²) in [7, 11) is 0. The number of nitrogens with zero attached hydrogens (tertiary/aromatic N) is 3. The molecular weight excluding hydrogens is 371 g/mol. The summed E-state index contributed by atoms with van der Waals surface area (Å²) in [6.45, 7) is 2.50. The van der Waals surface area contributed by atoms with Gasteiger partial charge in [0.15, 0.2) is 0 Å². The second-order valence-corrected chi connectivity index (χ2v) is 7.64. The number of hydrogen-bond donors (Lipinski definition) is 1. The van der Waals surface area contributed by atoms with E-state index in [1.165, 1.54) is 18.3 Å². The lowest BCUT2D eigenvalue weighted by Gasteiger charge is -2.36. The molecule has 2 aromatic rings. The van der Waals surface area contributed by atoms with Crippen LogP contribution < -0.4 is 10.2 Å². The molecule has 152 valence electrons. The van der Waals surface area contributed by atoms with Gasteiger partial charge < -0.3 is 15.1 Å². The standard InChI is InChI=1S/C22H25FN4O2/c23-17-5-7-19(8-6-17)26-11-13-27(14-12-26)22(29)16-9-10-24-20(15-16)21(28)25-18-3-1-2-4-18/h5-10,15,18H,1-4,11-14H2,(H,25,28). The van der Waals surface area contributed by atoms with Crippen LogP contribution >= 0.6 is 0 Å². The summed E-state index contributed by atoms with van der Waals surface area (Å²) in [5, 5.41) is 3.01. The van der Waals surface area contributed by atoms with E-state index in [4.69, 9.17) is 0 Å². The average molecular weight is 396 g/mol. The first kappa shape index (κ1) is 19.4. The summed E-state index contributed by atoms with van der Waals surface area (Å²) in [5.41, 5.74) is 1.72. The second kappa shape index (κ2) is 8.59. The number of carbonyl (C=O) groups excluding carboxylic acids is 2. The topological polar surface area (TPSA) is 65.5 Å². The van der Waals surface area contributed by atoms with Crippen molar-refractivity contribution < 1.29 is 14.0 Å². The first-order valence-corrected chi connectivity index (χ1v) is 10.2. The summed E-state index contributed by atoms with van der Waals surface area (Å²) >= 11 is 0. The van der Waals surface area contributed by atoms with Crippen LogP contribution in [-0.2, 0) is 0 Å². The molecule has 1 saturated carbocycles. The SMILES string of the molecule is O=C(NC1CCCC1)c1cc(C(=O)N2CCN(c3ccc(F)cc3)CC2)ccn1. The lowest BCUT2D eigenvalue weighted by molar-refractivity contribution is 0.0746. The van der Waals surface area contributed by atoms with Crippen LogP contribution in [0.3, 0.4) is 0 Å². The molecule has 1 aromatic carbocycles. The van der Waals surface area contributed by atoms with E-state index in [2.05, 4.69) is 15.2 Å². The fourth-order valence-electron chi connectivity index (χ4n) is 4.02. The molecule has 0 radical (unpaired) electrons. The van der Waals surface area contributed by atoms with E-state index < -0.39 is 0 Å². The molecule has 29 heavy (non-hydrogen) atoms. The number of nitrogens with one attached hydrogen (secondary N) is 1. The summed E-state index contributed by atoms with van der Waals surface area (Å²) in [6, 6.07) is 9.85. The van der Waals surface area contributed by atoms with Gasteiger partial charge in [-0.2, -0.15) is 0 Å². The highest BCUT2D eigenvalue weighted by Crippen LogP contribution is 2.19. The molecule has 0 bridgehead atoms. The van der Waals surface area contributed by atoms with Crippen molar-refractivity contribution in [2.75, 3.05) is 31.1 Å². The molecule has 1 saturated heterocycles. The number of halogens is 1. The molecule has 1 aliphatic carbocycles. The molecule has 2 aliphatic rings. The number of pyridine rings is 1. The first-order valence-electron chi connectivity index (χ1n) is 10.2. The number of rotatable bonds is 4. The molecule has 0 unspecified atom stereocenters. The van der Waals surface area contributed by atoms with Crippen LogP contribution in [0.1, 0.15) is 46.5 Å². The molecule has 0 atom stereocenters. The average Bonchev–Trinajstić information content (AvgIpc) is 3.27. The molecule has 4 rings (SSSR count). The number of aromatic nitrogens is 1. The van der Waals surface area contributed by atoms with Crippen molar-refractivity contribution in [2.45, 2.75) is 31.7 Å². The van der Waals surface area contributed by atoms with E-state index >= 15 is 0 Å². The number of benzene rings is 1. The van der Waals surface area contributed by atoms with Gasteiger partial charge in [0.1, 0.15) is 11.5 Å². The van der Waals surface area contributed by atoms with Gasteiger partial charge in [0.2, 0.25) is 0 Å². The van der Waals surface area contributed by atoms with Crippen molar-refractivity contribution in [1.82, 2.24) is 15.2 Å². The van der Waals surface area contributed by atoms with E-state index in [0.717, 1.165) is 31.4 Å². The lowest BCUT2D eigenvalue weighted by atomic mass is 10.1. The zero-order chi connectivity index (χ0) is 20.2. The highest BCUT2D eigenvalue weighted by molar-refractivity contribution is 5.98. The Morgan fingerprint density at radius 2 is 1.69 bits per heavy atom. The van der Waals surface area contributed by atoms with Gasteiger partial charge >= 0.3 is 0 Å². The monoisotopic (exact) mass is 396 g/mol. The van der Waals surface area contributed by atoms with E-state index in [-0.39, 0.29) is 29.4 Å². The predicted octanol–water partition coefficient (Wildman–Crippen LogP) is 2.86. The summed E-state index contributed by atoms with van der Waals surface area (Å²) in [6.07, 6.45) is 5.80. The van der Waals surface area contributed by atoms with Crippen LogP contribution in [0.5, 0.6) is 0 Å². The van der Waals surface area contributed by atoms with Gasteiger partial charge in [-0.3, -0.25) is 14.6 Å². The van der Waals surface area contributed by atoms with Crippen LogP contribution in [0, 0.1) is 5.82 Å². The highest BCUT2D eigenvalue weighted by Gasteiger charge is 2.24. The maximum absolute atomic E-state index is 13.1. The Hall–Kier alpha value is -2.96. The van der Waals surface area contributed by atoms with Gasteiger partial charge in [-0.05, 0) is 49.2 Å². The van der Waals surface area contributed by atoms with Gasteiger partial charge in [0.25, 0.3) is 11.8 Å². The zero-order valence-electron chi connectivity index (χ0n) is 16.3. The number of carbonyl (C=O) groups is 2. The Balaban J connectivity index is 1.37. The van der Waals surface area contributed by atoms with Crippen molar-refractivity contribution in [3.05, 3.63) is 59.7 Å². The Morgan fingerprint density at radius 1 is 1.00 bits per heavy atom. The molecule has 6 nitrogen and oxygen atoms in total. The van der Waals surface area contributed by atoms with Crippen LogP contribution in [-0.4, -0.2) is 53.9 Å². The Morgan fingerprint density at radius 3 is 2.38 bits per heavy atom. The maximum atomic E-state index is 13.1. The van der Waals surface area contributed by atoms with Crippen molar-refractivity contribution in [3.8, 4) is 0 Å². The van der Waals surface area contributed by atoms with Crippen LogP contribution in [0.2, 0.25) is 0 Å².